The lowest BCUT2D eigenvalue weighted by molar-refractivity contribution is -0.169. The Hall–Kier alpha value is -2.16. The number of rotatable bonds is 7. The first kappa shape index (κ1) is 19.2. The van der Waals surface area contributed by atoms with Gasteiger partial charge in [0.25, 0.3) is 0 Å². The second kappa shape index (κ2) is 7.81. The molecule has 0 aromatic heterocycles. The van der Waals surface area contributed by atoms with Crippen LogP contribution in [0.5, 0.6) is 0 Å². The average molecular weight is 358 g/mol. The van der Waals surface area contributed by atoms with Gasteiger partial charge in [-0.15, -0.1) is 0 Å². The van der Waals surface area contributed by atoms with Crippen LogP contribution in [0.4, 0.5) is 0 Å². The van der Waals surface area contributed by atoms with Crippen LogP contribution in [0.1, 0.15) is 26.7 Å². The zero-order valence-electron chi connectivity index (χ0n) is 14.3. The molecule has 9 nitrogen and oxygen atoms in total. The summed E-state index contributed by atoms with van der Waals surface area (Å²) >= 11 is 0. The summed E-state index contributed by atoms with van der Waals surface area (Å²) in [4.78, 5) is 46.7. The van der Waals surface area contributed by atoms with Crippen LogP contribution in [0.25, 0.3) is 0 Å². The van der Waals surface area contributed by atoms with Crippen LogP contribution in [0.2, 0.25) is 0 Å². The van der Waals surface area contributed by atoms with Gasteiger partial charge in [0.2, 0.25) is 0 Å². The number of methoxy groups -OCH3 is 1. The smallest absolute Gasteiger partial charge is 0.344 e. The van der Waals surface area contributed by atoms with Crippen LogP contribution in [-0.2, 0) is 38.1 Å². The Bertz CT molecular complexity index is 558. The predicted octanol–water partition coefficient (Wildman–Crippen LogP) is 0.149. The van der Waals surface area contributed by atoms with E-state index in [4.69, 9.17) is 14.2 Å². The normalized spacial score (nSPS) is 31.2. The Kier molecular flexibility index (Phi) is 5.99. The van der Waals surface area contributed by atoms with E-state index >= 15 is 0 Å². The van der Waals surface area contributed by atoms with Crippen molar-refractivity contribution in [2.75, 3.05) is 13.7 Å². The van der Waals surface area contributed by atoms with Gasteiger partial charge in [0.15, 0.2) is 6.61 Å². The molecule has 140 valence electrons. The van der Waals surface area contributed by atoms with E-state index in [9.17, 15) is 24.3 Å². The first-order valence-electron chi connectivity index (χ1n) is 8.12. The molecule has 2 heterocycles. The molecule has 2 aliphatic rings. The van der Waals surface area contributed by atoms with Crippen molar-refractivity contribution in [1.29, 1.82) is 0 Å². The molecular weight excluding hydrogens is 336 g/mol. The number of hydrogen-bond acceptors (Lipinski definition) is 8. The highest BCUT2D eigenvalue weighted by Gasteiger charge is 2.61. The second-order valence-corrected chi connectivity index (χ2v) is 6.23. The molecule has 6 atom stereocenters. The fraction of sp³-hybridized carbons (Fsp3) is 0.750. The fourth-order valence-corrected chi connectivity index (χ4v) is 3.18. The quantitative estimate of drug-likeness (QED) is 0.500. The van der Waals surface area contributed by atoms with Crippen molar-refractivity contribution in [2.24, 2.45) is 17.8 Å². The summed E-state index contributed by atoms with van der Waals surface area (Å²) in [6.45, 7) is 2.97. The van der Waals surface area contributed by atoms with Gasteiger partial charge in [-0.3, -0.25) is 14.4 Å². The van der Waals surface area contributed by atoms with Crippen molar-refractivity contribution in [3.8, 4) is 0 Å². The minimum atomic E-state index is -1.16. The van der Waals surface area contributed by atoms with Crippen molar-refractivity contribution in [3.05, 3.63) is 0 Å². The third kappa shape index (κ3) is 3.92. The Labute approximate surface area is 144 Å². The highest BCUT2D eigenvalue weighted by atomic mass is 16.6. The molecule has 0 radical (unpaired) electrons. The molecule has 2 bridgehead atoms. The van der Waals surface area contributed by atoms with Crippen LogP contribution < -0.4 is 0 Å². The van der Waals surface area contributed by atoms with Gasteiger partial charge in [-0.1, -0.05) is 13.8 Å². The largest absolute Gasteiger partial charge is 0.481 e. The molecule has 6 unspecified atom stereocenters. The molecule has 2 saturated heterocycles. The molecule has 2 rings (SSSR count). The minimum Gasteiger partial charge on any atom is -0.481 e. The van der Waals surface area contributed by atoms with Gasteiger partial charge in [-0.25, -0.2) is 4.79 Å². The molecule has 2 aliphatic heterocycles. The molecular formula is C16H22O9. The molecule has 2 fully saturated rings. The number of carboxylic acid groups (broad SMARTS) is 1. The van der Waals surface area contributed by atoms with Crippen LogP contribution in [-0.4, -0.2) is 61.0 Å². The van der Waals surface area contributed by atoms with Crippen LogP contribution in [0.3, 0.4) is 0 Å². The average Bonchev–Trinajstić information content (AvgIpc) is 3.15. The summed E-state index contributed by atoms with van der Waals surface area (Å²) in [6, 6.07) is 0. The van der Waals surface area contributed by atoms with Crippen molar-refractivity contribution >= 4 is 23.9 Å². The van der Waals surface area contributed by atoms with Gasteiger partial charge in [0, 0.05) is 6.42 Å². The monoisotopic (exact) mass is 358 g/mol. The predicted molar refractivity (Wildman–Crippen MR) is 80.2 cm³/mol. The van der Waals surface area contributed by atoms with Gasteiger partial charge < -0.3 is 24.1 Å². The van der Waals surface area contributed by atoms with E-state index in [-0.39, 0.29) is 12.3 Å². The topological polar surface area (TPSA) is 125 Å². The highest BCUT2D eigenvalue weighted by Crippen LogP contribution is 2.45. The molecule has 0 aromatic rings. The minimum absolute atomic E-state index is 0.167. The lowest BCUT2D eigenvalue weighted by Crippen LogP contribution is -2.46. The summed E-state index contributed by atoms with van der Waals surface area (Å²) in [5.41, 5.74) is 0. The third-order valence-corrected chi connectivity index (χ3v) is 4.69. The number of aliphatic carboxylic acids is 1. The lowest BCUT2D eigenvalue weighted by Gasteiger charge is -2.28. The maximum Gasteiger partial charge on any atom is 0.344 e. The summed E-state index contributed by atoms with van der Waals surface area (Å²) in [6.07, 6.45) is -1.63. The Balaban J connectivity index is 1.94. The molecule has 0 saturated carbocycles. The zero-order valence-corrected chi connectivity index (χ0v) is 14.3. The Morgan fingerprint density at radius 3 is 2.48 bits per heavy atom. The SMILES string of the molecule is CCC(C)C(=O)OCC(=O)OC1CC2OC1C(C(=O)OC)C2C(=O)O. The molecule has 1 N–H and O–H groups in total. The summed E-state index contributed by atoms with van der Waals surface area (Å²) in [7, 11) is 1.16. The number of hydrogen-bond donors (Lipinski definition) is 1. The third-order valence-electron chi connectivity index (χ3n) is 4.69. The number of carboxylic acids is 1. The maximum absolute atomic E-state index is 11.9. The molecule has 25 heavy (non-hydrogen) atoms. The van der Waals surface area contributed by atoms with E-state index in [2.05, 4.69) is 4.74 Å². The van der Waals surface area contributed by atoms with Gasteiger partial charge in [0.05, 0.1) is 25.0 Å². The van der Waals surface area contributed by atoms with Crippen LogP contribution in [0, 0.1) is 17.8 Å². The van der Waals surface area contributed by atoms with E-state index < -0.39 is 60.6 Å². The molecule has 0 spiro atoms. The first-order valence-corrected chi connectivity index (χ1v) is 8.12. The maximum atomic E-state index is 11.9. The van der Waals surface area contributed by atoms with Crippen molar-refractivity contribution < 1.29 is 43.2 Å². The number of ether oxygens (including phenoxy) is 4. The summed E-state index contributed by atoms with van der Waals surface area (Å²) in [5, 5.41) is 9.29. The van der Waals surface area contributed by atoms with Crippen molar-refractivity contribution in [2.45, 2.75) is 45.0 Å². The standard InChI is InChI=1S/C16H22O9/c1-4-7(2)15(20)23-6-10(17)24-9-5-8-11(14(18)19)12(13(9)25-8)16(21)22-3/h7-9,11-13H,4-6H2,1-3H3,(H,18,19). The molecule has 0 amide bonds. The van der Waals surface area contributed by atoms with Crippen LogP contribution >= 0.6 is 0 Å². The molecule has 0 aliphatic carbocycles. The number of fused-ring (bicyclic) bond motifs is 2. The van der Waals surface area contributed by atoms with Gasteiger partial charge in [-0.05, 0) is 6.42 Å². The first-order chi connectivity index (χ1) is 11.8. The molecule has 9 heteroatoms. The summed E-state index contributed by atoms with van der Waals surface area (Å²) in [5.74, 6) is -5.54. The highest BCUT2D eigenvalue weighted by molar-refractivity contribution is 5.83. The zero-order chi connectivity index (χ0) is 18.7. The van der Waals surface area contributed by atoms with Gasteiger partial charge >= 0.3 is 23.9 Å². The van der Waals surface area contributed by atoms with E-state index in [1.165, 1.54) is 0 Å². The Morgan fingerprint density at radius 2 is 1.92 bits per heavy atom. The van der Waals surface area contributed by atoms with Gasteiger partial charge in [-0.2, -0.15) is 0 Å². The summed E-state index contributed by atoms with van der Waals surface area (Å²) < 4.78 is 20.2. The van der Waals surface area contributed by atoms with E-state index in [0.29, 0.717) is 6.42 Å². The lowest BCUT2D eigenvalue weighted by atomic mass is 9.78. The van der Waals surface area contributed by atoms with Crippen molar-refractivity contribution in [1.82, 2.24) is 0 Å². The van der Waals surface area contributed by atoms with E-state index in [1.54, 1.807) is 6.92 Å². The molecule has 0 aromatic carbocycles. The van der Waals surface area contributed by atoms with Gasteiger partial charge in [0.1, 0.15) is 18.1 Å². The van der Waals surface area contributed by atoms with E-state index in [0.717, 1.165) is 7.11 Å². The van der Waals surface area contributed by atoms with Crippen LogP contribution in [0.15, 0.2) is 0 Å². The number of carbonyl (C=O) groups excluding carboxylic acids is 3. The van der Waals surface area contributed by atoms with Crippen molar-refractivity contribution in [3.63, 3.8) is 0 Å². The van der Waals surface area contributed by atoms with E-state index in [1.807, 2.05) is 6.92 Å². The second-order valence-electron chi connectivity index (χ2n) is 6.23. The number of esters is 3. The number of carbonyl (C=O) groups is 4. The Morgan fingerprint density at radius 1 is 1.24 bits per heavy atom. The fourth-order valence-electron chi connectivity index (χ4n) is 3.18.